The van der Waals surface area contributed by atoms with Crippen molar-refractivity contribution in [3.63, 3.8) is 0 Å². The van der Waals surface area contributed by atoms with Gasteiger partial charge in [0.1, 0.15) is 5.75 Å². The predicted molar refractivity (Wildman–Crippen MR) is 84.1 cm³/mol. The maximum Gasteiger partial charge on any atom is 0.346 e. The number of benzene rings is 1. The third kappa shape index (κ3) is 4.15. The van der Waals surface area contributed by atoms with Gasteiger partial charge in [-0.3, -0.25) is 9.97 Å². The minimum atomic E-state index is -0.632. The molecule has 0 aliphatic carbocycles. The first kappa shape index (κ1) is 15.7. The van der Waals surface area contributed by atoms with E-state index < -0.39 is 12.1 Å². The summed E-state index contributed by atoms with van der Waals surface area (Å²) in [6.45, 7) is 3.63. The Balaban J connectivity index is 2.07. The molecule has 22 heavy (non-hydrogen) atoms. The molecule has 2 rings (SSSR count). The minimum Gasteiger partial charge on any atom is -0.479 e. The summed E-state index contributed by atoms with van der Waals surface area (Å²) >= 11 is 0. The van der Waals surface area contributed by atoms with Crippen molar-refractivity contribution in [3.8, 4) is 5.75 Å². The SMILES string of the molecule is COC(=O)C(C)Oc1ccc(/C=C(/C)c2cnccn2)cc1. The van der Waals surface area contributed by atoms with E-state index in [2.05, 4.69) is 14.7 Å². The zero-order chi connectivity index (χ0) is 15.9. The maximum atomic E-state index is 11.3. The highest BCUT2D eigenvalue weighted by molar-refractivity contribution is 5.78. The fourth-order valence-electron chi connectivity index (χ4n) is 1.89. The lowest BCUT2D eigenvalue weighted by Gasteiger charge is -2.12. The zero-order valence-corrected chi connectivity index (χ0v) is 12.8. The second kappa shape index (κ2) is 7.36. The van der Waals surface area contributed by atoms with Crippen LogP contribution in [0.15, 0.2) is 42.9 Å². The highest BCUT2D eigenvalue weighted by Crippen LogP contribution is 2.18. The summed E-state index contributed by atoms with van der Waals surface area (Å²) in [4.78, 5) is 19.6. The molecule has 5 nitrogen and oxygen atoms in total. The van der Waals surface area contributed by atoms with E-state index in [1.54, 1.807) is 25.5 Å². The predicted octanol–water partition coefficient (Wildman–Crippen LogP) is 2.98. The first-order valence-electron chi connectivity index (χ1n) is 6.89. The standard InChI is InChI=1S/C17H18N2O3/c1-12(16-11-18-8-9-19-16)10-14-4-6-15(7-5-14)22-13(2)17(20)21-3/h4-11,13H,1-3H3/b12-10-. The molecule has 0 bridgehead atoms. The van der Waals surface area contributed by atoms with E-state index in [1.807, 2.05) is 37.3 Å². The second-order valence-corrected chi connectivity index (χ2v) is 4.77. The minimum absolute atomic E-state index is 0.400. The van der Waals surface area contributed by atoms with E-state index in [0.29, 0.717) is 5.75 Å². The summed E-state index contributed by atoms with van der Waals surface area (Å²) in [5.74, 6) is 0.217. The third-order valence-electron chi connectivity index (χ3n) is 3.08. The molecule has 1 aromatic heterocycles. The molecule has 2 aromatic rings. The molecule has 0 aliphatic rings. The molecule has 0 fully saturated rings. The van der Waals surface area contributed by atoms with Crippen molar-refractivity contribution in [3.05, 3.63) is 54.1 Å². The van der Waals surface area contributed by atoms with E-state index in [4.69, 9.17) is 4.74 Å². The molecule has 0 aliphatic heterocycles. The maximum absolute atomic E-state index is 11.3. The van der Waals surface area contributed by atoms with Crippen LogP contribution in [-0.4, -0.2) is 29.2 Å². The highest BCUT2D eigenvalue weighted by Gasteiger charge is 2.14. The number of allylic oxidation sites excluding steroid dienone is 1. The number of ether oxygens (including phenoxy) is 2. The lowest BCUT2D eigenvalue weighted by Crippen LogP contribution is -2.24. The molecule has 1 atom stereocenters. The van der Waals surface area contributed by atoms with Crippen LogP contribution in [0.4, 0.5) is 0 Å². The van der Waals surface area contributed by atoms with Crippen LogP contribution in [0.5, 0.6) is 5.75 Å². The number of esters is 1. The van der Waals surface area contributed by atoms with Gasteiger partial charge in [0.25, 0.3) is 0 Å². The summed E-state index contributed by atoms with van der Waals surface area (Å²) < 4.78 is 10.1. The summed E-state index contributed by atoms with van der Waals surface area (Å²) in [6, 6.07) is 7.46. The van der Waals surface area contributed by atoms with Crippen molar-refractivity contribution < 1.29 is 14.3 Å². The van der Waals surface area contributed by atoms with E-state index in [1.165, 1.54) is 7.11 Å². The van der Waals surface area contributed by atoms with Crippen LogP contribution in [0.3, 0.4) is 0 Å². The number of hydrogen-bond acceptors (Lipinski definition) is 5. The molecule has 114 valence electrons. The summed E-state index contributed by atoms with van der Waals surface area (Å²) in [5.41, 5.74) is 2.87. The highest BCUT2D eigenvalue weighted by atomic mass is 16.6. The number of rotatable bonds is 5. The number of nitrogens with zero attached hydrogens (tertiary/aromatic N) is 2. The van der Waals surface area contributed by atoms with Gasteiger partial charge in [-0.25, -0.2) is 4.79 Å². The normalized spacial score (nSPS) is 12.6. The van der Waals surface area contributed by atoms with Crippen LogP contribution >= 0.6 is 0 Å². The Morgan fingerprint density at radius 3 is 2.55 bits per heavy atom. The Bertz CT molecular complexity index is 651. The average Bonchev–Trinajstić information content (AvgIpc) is 2.56. The molecule has 0 saturated heterocycles. The number of aromatic nitrogens is 2. The fraction of sp³-hybridized carbons (Fsp3) is 0.235. The van der Waals surface area contributed by atoms with Crippen molar-refractivity contribution in [1.29, 1.82) is 0 Å². The van der Waals surface area contributed by atoms with Gasteiger partial charge in [-0.1, -0.05) is 12.1 Å². The van der Waals surface area contributed by atoms with Crippen molar-refractivity contribution in [2.75, 3.05) is 7.11 Å². The topological polar surface area (TPSA) is 61.3 Å². The number of carbonyl (C=O) groups is 1. The quantitative estimate of drug-likeness (QED) is 0.794. The molecule has 5 heteroatoms. The van der Waals surface area contributed by atoms with Crippen molar-refractivity contribution >= 4 is 17.6 Å². The first-order chi connectivity index (χ1) is 10.6. The molecule has 0 saturated carbocycles. The lowest BCUT2D eigenvalue weighted by atomic mass is 10.1. The molecule has 1 heterocycles. The molecular weight excluding hydrogens is 280 g/mol. The van der Waals surface area contributed by atoms with Crippen LogP contribution in [0.25, 0.3) is 11.6 Å². The summed E-state index contributed by atoms with van der Waals surface area (Å²) in [6.07, 6.45) is 6.41. The van der Waals surface area contributed by atoms with Crippen molar-refractivity contribution in [1.82, 2.24) is 9.97 Å². The Labute approximate surface area is 129 Å². The van der Waals surface area contributed by atoms with E-state index in [-0.39, 0.29) is 0 Å². The van der Waals surface area contributed by atoms with Crippen LogP contribution in [0, 0.1) is 0 Å². The van der Waals surface area contributed by atoms with Gasteiger partial charge >= 0.3 is 5.97 Å². The Morgan fingerprint density at radius 1 is 1.23 bits per heavy atom. The van der Waals surface area contributed by atoms with Gasteiger partial charge in [0, 0.05) is 12.4 Å². The molecule has 0 amide bonds. The smallest absolute Gasteiger partial charge is 0.346 e. The van der Waals surface area contributed by atoms with E-state index in [9.17, 15) is 4.79 Å². The monoisotopic (exact) mass is 298 g/mol. The number of hydrogen-bond donors (Lipinski definition) is 0. The summed E-state index contributed by atoms with van der Waals surface area (Å²) in [7, 11) is 1.34. The van der Waals surface area contributed by atoms with Gasteiger partial charge in [0.15, 0.2) is 6.10 Å². The van der Waals surface area contributed by atoms with Gasteiger partial charge in [-0.15, -0.1) is 0 Å². The fourth-order valence-corrected chi connectivity index (χ4v) is 1.89. The van der Waals surface area contributed by atoms with Crippen LogP contribution in [-0.2, 0) is 9.53 Å². The van der Waals surface area contributed by atoms with Crippen molar-refractivity contribution in [2.24, 2.45) is 0 Å². The average molecular weight is 298 g/mol. The van der Waals surface area contributed by atoms with Gasteiger partial charge in [0.05, 0.1) is 19.0 Å². The largest absolute Gasteiger partial charge is 0.479 e. The van der Waals surface area contributed by atoms with E-state index >= 15 is 0 Å². The molecule has 1 unspecified atom stereocenters. The Hall–Kier alpha value is -2.69. The van der Waals surface area contributed by atoms with Gasteiger partial charge < -0.3 is 9.47 Å². The molecule has 0 radical (unpaired) electrons. The van der Waals surface area contributed by atoms with Crippen molar-refractivity contribution in [2.45, 2.75) is 20.0 Å². The van der Waals surface area contributed by atoms with Crippen LogP contribution < -0.4 is 4.74 Å². The molecular formula is C17H18N2O3. The lowest BCUT2D eigenvalue weighted by molar-refractivity contribution is -0.147. The van der Waals surface area contributed by atoms with Gasteiger partial charge in [-0.05, 0) is 43.2 Å². The molecule has 0 spiro atoms. The molecule has 0 N–H and O–H groups in total. The zero-order valence-electron chi connectivity index (χ0n) is 12.8. The number of carbonyl (C=O) groups excluding carboxylic acids is 1. The summed E-state index contributed by atoms with van der Waals surface area (Å²) in [5, 5.41) is 0. The van der Waals surface area contributed by atoms with Crippen LogP contribution in [0.2, 0.25) is 0 Å². The van der Waals surface area contributed by atoms with Crippen LogP contribution in [0.1, 0.15) is 25.1 Å². The van der Waals surface area contributed by atoms with E-state index in [0.717, 1.165) is 16.8 Å². The van der Waals surface area contributed by atoms with Gasteiger partial charge in [-0.2, -0.15) is 0 Å². The number of methoxy groups -OCH3 is 1. The first-order valence-corrected chi connectivity index (χ1v) is 6.89. The third-order valence-corrected chi connectivity index (χ3v) is 3.08. The Kier molecular flexibility index (Phi) is 5.25. The second-order valence-electron chi connectivity index (χ2n) is 4.77. The van der Waals surface area contributed by atoms with Gasteiger partial charge in [0.2, 0.25) is 0 Å². The molecule has 1 aromatic carbocycles. The Morgan fingerprint density at radius 2 is 1.95 bits per heavy atom.